The number of fused-ring (bicyclic) bond motifs is 2. The number of hydrogen-bond acceptors (Lipinski definition) is 3. The summed E-state index contributed by atoms with van der Waals surface area (Å²) in [6.45, 7) is 2.32. The number of nitrogens with zero attached hydrogens (tertiary/aromatic N) is 2. The van der Waals surface area contributed by atoms with Gasteiger partial charge in [0, 0.05) is 54.6 Å². The average molecular weight is 486 g/mol. The van der Waals surface area contributed by atoms with E-state index in [0.717, 1.165) is 16.5 Å². The van der Waals surface area contributed by atoms with E-state index in [4.69, 9.17) is 4.74 Å². The van der Waals surface area contributed by atoms with Crippen molar-refractivity contribution in [3.63, 3.8) is 0 Å². The Kier molecular flexibility index (Phi) is 6.33. The number of amides is 2. The number of aryl methyl sites for hydroxylation is 2. The van der Waals surface area contributed by atoms with Crippen LogP contribution in [-0.4, -0.2) is 41.5 Å². The van der Waals surface area contributed by atoms with Gasteiger partial charge in [0.25, 0.3) is 5.91 Å². The number of methoxy groups -OCH3 is 1. The van der Waals surface area contributed by atoms with E-state index >= 15 is 0 Å². The molecule has 1 aliphatic rings. The van der Waals surface area contributed by atoms with Crippen LogP contribution in [0.25, 0.3) is 10.9 Å². The summed E-state index contributed by atoms with van der Waals surface area (Å²) in [4.78, 5) is 29.4. The van der Waals surface area contributed by atoms with Crippen molar-refractivity contribution >= 4 is 28.4 Å². The van der Waals surface area contributed by atoms with Gasteiger partial charge in [0.15, 0.2) is 0 Å². The number of nitrogens with one attached hydrogen (secondary N) is 1. The van der Waals surface area contributed by atoms with Crippen LogP contribution in [0.2, 0.25) is 0 Å². The molecule has 4 aromatic rings. The molecule has 1 aliphatic heterocycles. The zero-order valence-electron chi connectivity index (χ0n) is 20.5. The Labute approximate surface area is 209 Å². The van der Waals surface area contributed by atoms with E-state index in [2.05, 4.69) is 5.32 Å². The first-order valence-corrected chi connectivity index (χ1v) is 11.9. The maximum Gasteiger partial charge on any atom is 0.254 e. The van der Waals surface area contributed by atoms with E-state index in [1.165, 1.54) is 6.07 Å². The lowest BCUT2D eigenvalue weighted by Crippen LogP contribution is -2.47. The third-order valence-corrected chi connectivity index (χ3v) is 6.94. The van der Waals surface area contributed by atoms with Crippen molar-refractivity contribution in [2.75, 3.05) is 25.6 Å². The quantitative estimate of drug-likeness (QED) is 0.409. The van der Waals surface area contributed by atoms with Gasteiger partial charge in [-0.3, -0.25) is 9.59 Å². The summed E-state index contributed by atoms with van der Waals surface area (Å²) < 4.78 is 21.6. The first-order chi connectivity index (χ1) is 17.4. The van der Waals surface area contributed by atoms with Gasteiger partial charge in [0.2, 0.25) is 5.91 Å². The number of rotatable bonds is 6. The Morgan fingerprint density at radius 1 is 1.06 bits per heavy atom. The van der Waals surface area contributed by atoms with Crippen LogP contribution in [0.15, 0.2) is 72.9 Å². The molecule has 3 aromatic carbocycles. The zero-order chi connectivity index (χ0) is 25.4. The highest BCUT2D eigenvalue weighted by molar-refractivity contribution is 6.05. The summed E-state index contributed by atoms with van der Waals surface area (Å²) in [6, 6.07) is 19.2. The van der Waals surface area contributed by atoms with Crippen molar-refractivity contribution in [1.82, 2.24) is 9.47 Å². The lowest BCUT2D eigenvalue weighted by Gasteiger charge is -2.41. The molecule has 5 rings (SSSR count). The molecular formula is C29H28FN3O3. The molecule has 0 saturated carbocycles. The molecule has 1 N–H and O–H groups in total. The fourth-order valence-corrected chi connectivity index (χ4v) is 5.16. The highest BCUT2D eigenvalue weighted by Crippen LogP contribution is 2.45. The smallest absolute Gasteiger partial charge is 0.254 e. The number of benzene rings is 3. The first-order valence-electron chi connectivity index (χ1n) is 11.9. The molecule has 0 fully saturated rings. The highest BCUT2D eigenvalue weighted by Gasteiger charge is 2.45. The standard InChI is InChI=1S/C29H28FN3O3/c1-18-12-13-19(16-24(18)30)31-28(34)26-21-9-4-5-10-22(21)29(35)33(14-15-36-3)27(26)23-17-32(2)25-11-7-6-8-20(23)25/h4-13,16-17,26-27H,14-15H2,1-3H3,(H,31,34). The number of para-hydroxylation sites is 1. The van der Waals surface area contributed by atoms with E-state index < -0.39 is 12.0 Å². The van der Waals surface area contributed by atoms with Crippen LogP contribution in [0.5, 0.6) is 0 Å². The number of anilines is 1. The maximum atomic E-state index is 14.3. The minimum absolute atomic E-state index is 0.147. The molecule has 184 valence electrons. The van der Waals surface area contributed by atoms with E-state index in [1.807, 2.05) is 54.2 Å². The monoisotopic (exact) mass is 485 g/mol. The lowest BCUT2D eigenvalue weighted by molar-refractivity contribution is -0.119. The molecule has 2 unspecified atom stereocenters. The molecule has 36 heavy (non-hydrogen) atoms. The molecule has 2 atom stereocenters. The number of halogens is 1. The molecule has 0 radical (unpaired) electrons. The summed E-state index contributed by atoms with van der Waals surface area (Å²) in [7, 11) is 3.54. The Bertz CT molecular complexity index is 1460. The number of carbonyl (C=O) groups is 2. The van der Waals surface area contributed by atoms with Gasteiger partial charge < -0.3 is 19.5 Å². The Hall–Kier alpha value is -3.97. The molecule has 2 heterocycles. The molecule has 0 bridgehead atoms. The van der Waals surface area contributed by atoms with E-state index in [0.29, 0.717) is 35.5 Å². The third kappa shape index (κ3) is 4.05. The van der Waals surface area contributed by atoms with Crippen LogP contribution < -0.4 is 5.32 Å². The van der Waals surface area contributed by atoms with Gasteiger partial charge in [-0.05, 0) is 42.3 Å². The molecule has 6 nitrogen and oxygen atoms in total. The summed E-state index contributed by atoms with van der Waals surface area (Å²) in [5.74, 6) is -1.56. The van der Waals surface area contributed by atoms with Crippen LogP contribution in [0.3, 0.4) is 0 Å². The van der Waals surface area contributed by atoms with Crippen molar-refractivity contribution < 1.29 is 18.7 Å². The first kappa shape index (κ1) is 23.8. The minimum atomic E-state index is -0.717. The van der Waals surface area contributed by atoms with Crippen LogP contribution in [-0.2, 0) is 16.6 Å². The summed E-state index contributed by atoms with van der Waals surface area (Å²) in [6.07, 6.45) is 1.99. The van der Waals surface area contributed by atoms with Crippen molar-refractivity contribution in [3.05, 3.63) is 101 Å². The van der Waals surface area contributed by atoms with Crippen LogP contribution >= 0.6 is 0 Å². The molecule has 0 saturated heterocycles. The van der Waals surface area contributed by atoms with Gasteiger partial charge in [-0.1, -0.05) is 42.5 Å². The second-order valence-electron chi connectivity index (χ2n) is 9.17. The van der Waals surface area contributed by atoms with Gasteiger partial charge in [-0.2, -0.15) is 0 Å². The summed E-state index contributed by atoms with van der Waals surface area (Å²) >= 11 is 0. The lowest BCUT2D eigenvalue weighted by atomic mass is 9.79. The third-order valence-electron chi connectivity index (χ3n) is 6.94. The number of aromatic nitrogens is 1. The topological polar surface area (TPSA) is 63.6 Å². The SMILES string of the molecule is COCCN1C(=O)c2ccccc2C(C(=O)Nc2ccc(C)c(F)c2)C1c1cn(C)c2ccccc12. The van der Waals surface area contributed by atoms with Gasteiger partial charge in [-0.15, -0.1) is 0 Å². The summed E-state index contributed by atoms with van der Waals surface area (Å²) in [5.41, 5.74) is 3.89. The number of ether oxygens (including phenoxy) is 1. The predicted octanol–water partition coefficient (Wildman–Crippen LogP) is 5.19. The van der Waals surface area contributed by atoms with Gasteiger partial charge in [-0.25, -0.2) is 4.39 Å². The van der Waals surface area contributed by atoms with E-state index in [9.17, 15) is 14.0 Å². The van der Waals surface area contributed by atoms with Crippen LogP contribution in [0.1, 0.15) is 39.0 Å². The predicted molar refractivity (Wildman–Crippen MR) is 138 cm³/mol. The van der Waals surface area contributed by atoms with Gasteiger partial charge >= 0.3 is 0 Å². The van der Waals surface area contributed by atoms with Crippen LogP contribution in [0, 0.1) is 12.7 Å². The van der Waals surface area contributed by atoms with Gasteiger partial charge in [0.05, 0.1) is 18.6 Å². The molecule has 0 aliphatic carbocycles. The Morgan fingerprint density at radius 2 is 1.81 bits per heavy atom. The van der Waals surface area contributed by atoms with Crippen molar-refractivity contribution in [1.29, 1.82) is 0 Å². The normalized spacial score (nSPS) is 17.3. The van der Waals surface area contributed by atoms with Crippen LogP contribution in [0.4, 0.5) is 10.1 Å². The van der Waals surface area contributed by atoms with Gasteiger partial charge in [0.1, 0.15) is 5.82 Å². The Balaban J connectivity index is 1.68. The summed E-state index contributed by atoms with van der Waals surface area (Å²) in [5, 5.41) is 3.88. The Morgan fingerprint density at radius 3 is 2.58 bits per heavy atom. The largest absolute Gasteiger partial charge is 0.383 e. The average Bonchev–Trinajstić information content (AvgIpc) is 3.21. The zero-order valence-corrected chi connectivity index (χ0v) is 20.5. The molecule has 2 amide bonds. The second kappa shape index (κ2) is 9.59. The fourth-order valence-electron chi connectivity index (χ4n) is 5.16. The molecule has 0 spiro atoms. The molecule has 7 heteroatoms. The van der Waals surface area contributed by atoms with E-state index in [1.54, 1.807) is 43.2 Å². The van der Waals surface area contributed by atoms with Crippen molar-refractivity contribution in [2.45, 2.75) is 18.9 Å². The number of hydrogen-bond donors (Lipinski definition) is 1. The van der Waals surface area contributed by atoms with E-state index in [-0.39, 0.29) is 17.6 Å². The highest BCUT2D eigenvalue weighted by atomic mass is 19.1. The van der Waals surface area contributed by atoms with Crippen molar-refractivity contribution in [2.24, 2.45) is 7.05 Å². The minimum Gasteiger partial charge on any atom is -0.383 e. The molecular weight excluding hydrogens is 457 g/mol. The number of carbonyl (C=O) groups excluding carboxylic acids is 2. The molecule has 1 aromatic heterocycles. The maximum absolute atomic E-state index is 14.3. The fraction of sp³-hybridized carbons (Fsp3) is 0.241. The van der Waals surface area contributed by atoms with Crippen molar-refractivity contribution in [3.8, 4) is 0 Å². The second-order valence-corrected chi connectivity index (χ2v) is 9.17.